The molecule has 0 aromatic carbocycles. The van der Waals surface area contributed by atoms with Crippen LogP contribution in [-0.4, -0.2) is 51.4 Å². The quantitative estimate of drug-likeness (QED) is 0.312. The summed E-state index contributed by atoms with van der Waals surface area (Å²) >= 11 is 6.54. The van der Waals surface area contributed by atoms with Crippen molar-refractivity contribution in [1.29, 1.82) is 0 Å². The largest absolute Gasteiger partial charge is 0.388 e. The van der Waals surface area contributed by atoms with E-state index < -0.39 is 28.4 Å². The Morgan fingerprint density at radius 3 is 2.34 bits per heavy atom. The smallest absolute Gasteiger partial charge is 0.235 e. The lowest BCUT2D eigenvalue weighted by Crippen LogP contribution is -2.67. The average molecular weight is 427 g/mol. The molecule has 2 saturated carbocycles. The van der Waals surface area contributed by atoms with Gasteiger partial charge in [0.15, 0.2) is 0 Å². The number of carbonyl (C=O) groups is 1. The summed E-state index contributed by atoms with van der Waals surface area (Å²) < 4.78 is 6.64. The molecule has 0 spiro atoms. The summed E-state index contributed by atoms with van der Waals surface area (Å²) in [4.78, 5) is 26.8. The van der Waals surface area contributed by atoms with Crippen LogP contribution < -0.4 is 5.32 Å². The van der Waals surface area contributed by atoms with Crippen LogP contribution in [0.2, 0.25) is 0 Å². The molecule has 164 valence electrons. The molecule has 3 aliphatic rings. The van der Waals surface area contributed by atoms with Gasteiger partial charge in [-0.2, -0.15) is 4.99 Å². The number of carbonyl (C=O) groups excluding carboxylic acids is 2. The highest BCUT2D eigenvalue weighted by Crippen LogP contribution is 2.57. The number of aliphatic imine (C=N–C) groups is 1. The van der Waals surface area contributed by atoms with Crippen LogP contribution in [-0.2, 0) is 14.3 Å². The van der Waals surface area contributed by atoms with Crippen LogP contribution in [0.3, 0.4) is 0 Å². The molecule has 2 aliphatic carbocycles. The van der Waals surface area contributed by atoms with Gasteiger partial charge in [0.25, 0.3) is 0 Å². The van der Waals surface area contributed by atoms with Crippen molar-refractivity contribution in [2.24, 2.45) is 22.7 Å². The highest BCUT2D eigenvalue weighted by Gasteiger charge is 2.61. The van der Waals surface area contributed by atoms with Gasteiger partial charge in [0.05, 0.1) is 28.2 Å². The van der Waals surface area contributed by atoms with Crippen LogP contribution in [0.5, 0.6) is 0 Å². The lowest BCUT2D eigenvalue weighted by Gasteiger charge is -2.61. The number of hydrogen-bond donors (Lipinski definition) is 2. The zero-order valence-electron chi connectivity index (χ0n) is 18.2. The van der Waals surface area contributed by atoms with Crippen molar-refractivity contribution in [3.8, 4) is 0 Å². The predicted molar refractivity (Wildman–Crippen MR) is 112 cm³/mol. The van der Waals surface area contributed by atoms with Gasteiger partial charge in [0.1, 0.15) is 0 Å². The zero-order valence-corrected chi connectivity index (χ0v) is 19.0. The molecule has 0 unspecified atom stereocenters. The second-order valence-electron chi connectivity index (χ2n) is 10.6. The van der Waals surface area contributed by atoms with Gasteiger partial charge in [0, 0.05) is 5.54 Å². The van der Waals surface area contributed by atoms with Gasteiger partial charge < -0.3 is 15.2 Å². The van der Waals surface area contributed by atoms with E-state index in [1.807, 2.05) is 13.8 Å². The molecular weight excluding hydrogens is 392 g/mol. The van der Waals surface area contributed by atoms with Crippen molar-refractivity contribution in [3.05, 3.63) is 0 Å². The molecule has 7 heteroatoms. The fraction of sp³-hybridized carbons (Fsp3) is 0.909. The molecule has 1 amide bonds. The fourth-order valence-electron chi connectivity index (χ4n) is 6.55. The fourth-order valence-corrected chi connectivity index (χ4v) is 6.70. The van der Waals surface area contributed by atoms with Crippen molar-refractivity contribution < 1.29 is 19.4 Å². The number of halogens is 1. The predicted octanol–water partition coefficient (Wildman–Crippen LogP) is 3.34. The Labute approximate surface area is 178 Å². The molecule has 0 bridgehead atoms. The number of aliphatic hydroxyl groups is 1. The normalized spacial score (nSPS) is 49.4. The Morgan fingerprint density at radius 1 is 1.10 bits per heavy atom. The first-order valence-corrected chi connectivity index (χ1v) is 11.2. The van der Waals surface area contributed by atoms with Crippen LogP contribution in [0.1, 0.15) is 73.1 Å². The topological polar surface area (TPSA) is 88.0 Å². The van der Waals surface area contributed by atoms with Crippen LogP contribution in [0.25, 0.3) is 0 Å². The maximum absolute atomic E-state index is 11.4. The van der Waals surface area contributed by atoms with E-state index in [0.29, 0.717) is 6.42 Å². The molecule has 8 atom stereocenters. The summed E-state index contributed by atoms with van der Waals surface area (Å²) in [6, 6.07) is -0.575. The number of isocyanates is 1. The lowest BCUT2D eigenvalue weighted by atomic mass is 9.51. The standard InChI is InChI=1S/C22H35ClN2O4/c1-19(2)16(23)8-11-22(5,29-19)15-6-9-20(3,25-13-27)14-7-10-21(4,28)18(17(14)15)24-12-26/h13-18,28H,6-11H2,1-5H3,(H,25,27)/t14-,15-,16-,17-,18+,20-,21+,22+/m0/s1. The molecule has 0 aromatic rings. The second-order valence-corrected chi connectivity index (χ2v) is 11.1. The van der Waals surface area contributed by atoms with Gasteiger partial charge in [-0.05, 0) is 90.9 Å². The summed E-state index contributed by atoms with van der Waals surface area (Å²) in [5.41, 5.74) is -2.39. The van der Waals surface area contributed by atoms with E-state index in [1.165, 1.54) is 0 Å². The van der Waals surface area contributed by atoms with Crippen molar-refractivity contribution in [3.63, 3.8) is 0 Å². The van der Waals surface area contributed by atoms with Crippen LogP contribution in [0.4, 0.5) is 0 Å². The molecule has 0 aromatic heterocycles. The van der Waals surface area contributed by atoms with Crippen LogP contribution in [0, 0.1) is 17.8 Å². The highest BCUT2D eigenvalue weighted by atomic mass is 35.5. The minimum Gasteiger partial charge on any atom is -0.388 e. The summed E-state index contributed by atoms with van der Waals surface area (Å²) in [5, 5.41) is 14.1. The van der Waals surface area contributed by atoms with E-state index in [2.05, 4.69) is 24.2 Å². The first kappa shape index (κ1) is 22.7. The van der Waals surface area contributed by atoms with E-state index in [-0.39, 0.29) is 23.1 Å². The SMILES string of the molecule is CC1(C)O[C@@](C)([C@H]2CC[C@](C)(NC=O)[C@H]3CC[C@@](C)(O)[C@H](N=C=O)[C@H]23)CC[C@@H]1Cl. The Bertz CT molecular complexity index is 692. The molecule has 6 nitrogen and oxygen atoms in total. The van der Waals surface area contributed by atoms with Gasteiger partial charge in [0.2, 0.25) is 12.5 Å². The maximum atomic E-state index is 11.4. The van der Waals surface area contributed by atoms with Gasteiger partial charge in [-0.25, -0.2) is 4.79 Å². The number of hydrogen-bond acceptors (Lipinski definition) is 5. The van der Waals surface area contributed by atoms with Gasteiger partial charge >= 0.3 is 0 Å². The van der Waals surface area contributed by atoms with E-state index in [0.717, 1.165) is 38.5 Å². The first-order valence-electron chi connectivity index (χ1n) is 10.8. The summed E-state index contributed by atoms with van der Waals surface area (Å²) in [7, 11) is 0. The summed E-state index contributed by atoms with van der Waals surface area (Å²) in [5.74, 6) is 0.0801. The zero-order chi connectivity index (χ0) is 21.7. The van der Waals surface area contributed by atoms with Crippen LogP contribution in [0.15, 0.2) is 4.99 Å². The average Bonchev–Trinajstić information content (AvgIpc) is 2.61. The molecule has 1 aliphatic heterocycles. The third-order valence-electron chi connectivity index (χ3n) is 8.20. The van der Waals surface area contributed by atoms with E-state index >= 15 is 0 Å². The second kappa shape index (κ2) is 7.64. The lowest BCUT2D eigenvalue weighted by molar-refractivity contribution is -0.221. The van der Waals surface area contributed by atoms with E-state index in [4.69, 9.17) is 16.3 Å². The summed E-state index contributed by atoms with van der Waals surface area (Å²) in [6.07, 6.45) is 7.06. The molecule has 3 rings (SSSR count). The molecule has 3 fully saturated rings. The van der Waals surface area contributed by atoms with Crippen LogP contribution >= 0.6 is 11.6 Å². The molecule has 0 radical (unpaired) electrons. The number of amides is 1. The van der Waals surface area contributed by atoms with E-state index in [9.17, 15) is 14.7 Å². The monoisotopic (exact) mass is 426 g/mol. The van der Waals surface area contributed by atoms with Gasteiger partial charge in [-0.3, -0.25) is 4.79 Å². The number of fused-ring (bicyclic) bond motifs is 1. The third kappa shape index (κ3) is 3.89. The maximum Gasteiger partial charge on any atom is 0.235 e. The van der Waals surface area contributed by atoms with Crippen molar-refractivity contribution >= 4 is 24.1 Å². The number of ether oxygens (including phenoxy) is 1. The number of alkyl halides is 1. The van der Waals surface area contributed by atoms with Crippen molar-refractivity contribution in [1.82, 2.24) is 5.32 Å². The van der Waals surface area contributed by atoms with Gasteiger partial charge in [-0.1, -0.05) is 0 Å². The third-order valence-corrected chi connectivity index (χ3v) is 8.94. The molecule has 1 saturated heterocycles. The first-order chi connectivity index (χ1) is 13.4. The number of nitrogens with one attached hydrogen (secondary N) is 1. The molecular formula is C22H35ClN2O4. The highest BCUT2D eigenvalue weighted by molar-refractivity contribution is 6.21. The van der Waals surface area contributed by atoms with Gasteiger partial charge in [-0.15, -0.1) is 11.6 Å². The molecule has 29 heavy (non-hydrogen) atoms. The van der Waals surface area contributed by atoms with Crippen molar-refractivity contribution in [2.75, 3.05) is 0 Å². The minimum absolute atomic E-state index is 0.0600. The minimum atomic E-state index is -1.09. The Balaban J connectivity index is 2.05. The summed E-state index contributed by atoms with van der Waals surface area (Å²) in [6.45, 7) is 10.0. The molecule has 1 heterocycles. The molecule has 2 N–H and O–H groups in total. The number of rotatable bonds is 4. The van der Waals surface area contributed by atoms with Crippen molar-refractivity contribution in [2.45, 2.75) is 107 Å². The Morgan fingerprint density at radius 2 is 1.76 bits per heavy atom. The number of nitrogens with zero attached hydrogens (tertiary/aromatic N) is 1. The Hall–Kier alpha value is -0.940. The van der Waals surface area contributed by atoms with E-state index in [1.54, 1.807) is 13.0 Å². The Kier molecular flexibility index (Phi) is 5.99.